The van der Waals surface area contributed by atoms with Gasteiger partial charge >= 0.3 is 36.3 Å². The summed E-state index contributed by atoms with van der Waals surface area (Å²) >= 11 is -1.00. The molecular formula is C20H44GeSi. The van der Waals surface area contributed by atoms with E-state index in [2.05, 4.69) is 100 Å². The maximum atomic E-state index is 2.38. The second kappa shape index (κ2) is 12.4. The zero-order valence-electron chi connectivity index (χ0n) is 17.9. The summed E-state index contributed by atoms with van der Waals surface area (Å²) in [5.41, 5.74) is 1.69. The van der Waals surface area contributed by atoms with Gasteiger partial charge in [0, 0.05) is 8.07 Å². The van der Waals surface area contributed by atoms with E-state index in [0.29, 0.717) is 5.41 Å². The van der Waals surface area contributed by atoms with Crippen LogP contribution in [0.25, 0.3) is 0 Å². The molecule has 0 aliphatic rings. The molecule has 0 N–H and O–H groups in total. The van der Waals surface area contributed by atoms with E-state index in [1.54, 1.807) is 0 Å². The van der Waals surface area contributed by atoms with Gasteiger partial charge in [-0.15, -0.1) is 0 Å². The summed E-state index contributed by atoms with van der Waals surface area (Å²) in [6, 6.07) is 10.6. The number of hydrogen-bond acceptors (Lipinski definition) is 0. The molecule has 0 radical (unpaired) electrons. The minimum atomic E-state index is -1.00. The van der Waals surface area contributed by atoms with Gasteiger partial charge in [0.05, 0.1) is 0 Å². The molecule has 132 valence electrons. The molecule has 0 spiro atoms. The molecule has 0 aliphatic heterocycles. The molecule has 0 fully saturated rings. The zero-order chi connectivity index (χ0) is 18.6. The predicted molar refractivity (Wildman–Crippen MR) is 115 cm³/mol. The van der Waals surface area contributed by atoms with Crippen LogP contribution in [0.4, 0.5) is 0 Å². The Bertz CT molecular complexity index is 313. The Hall–Kier alpha value is -0.0203. The van der Waals surface area contributed by atoms with Crippen LogP contribution >= 0.6 is 0 Å². The van der Waals surface area contributed by atoms with Crippen LogP contribution in [0.15, 0.2) is 30.3 Å². The SMILES string of the molecule is CC.CC(C)(C)c1ccccc1.C[Si](C)(C)C.[CH3][Ge]([CH3])([CH3])[CH3]. The van der Waals surface area contributed by atoms with Crippen molar-refractivity contribution in [3.05, 3.63) is 35.9 Å². The van der Waals surface area contributed by atoms with E-state index in [0.717, 1.165) is 0 Å². The molecule has 0 heterocycles. The minimum absolute atomic E-state index is 0.293. The Labute approximate surface area is 146 Å². The summed E-state index contributed by atoms with van der Waals surface area (Å²) in [7, 11) is -0.611. The first-order valence-electron chi connectivity index (χ1n) is 8.66. The van der Waals surface area contributed by atoms with Crippen molar-refractivity contribution in [1.82, 2.24) is 0 Å². The van der Waals surface area contributed by atoms with Gasteiger partial charge in [-0.1, -0.05) is 91.1 Å². The van der Waals surface area contributed by atoms with E-state index < -0.39 is 21.3 Å². The van der Waals surface area contributed by atoms with Crippen molar-refractivity contribution >= 4 is 21.3 Å². The van der Waals surface area contributed by atoms with Gasteiger partial charge in [0.15, 0.2) is 0 Å². The van der Waals surface area contributed by atoms with Crippen LogP contribution < -0.4 is 0 Å². The third kappa shape index (κ3) is 36.8. The van der Waals surface area contributed by atoms with Gasteiger partial charge < -0.3 is 0 Å². The summed E-state index contributed by atoms with van der Waals surface area (Å²) in [5.74, 6) is 9.50. The Balaban J connectivity index is -0.000000257. The van der Waals surface area contributed by atoms with Gasteiger partial charge in [0.2, 0.25) is 0 Å². The predicted octanol–water partition coefficient (Wildman–Crippen LogP) is 7.92. The van der Waals surface area contributed by atoms with Gasteiger partial charge in [-0.25, -0.2) is 0 Å². The number of benzene rings is 1. The van der Waals surface area contributed by atoms with E-state index in [1.165, 1.54) is 5.56 Å². The molecule has 1 aromatic carbocycles. The van der Waals surface area contributed by atoms with Crippen molar-refractivity contribution in [3.8, 4) is 0 Å². The molecule has 0 unspecified atom stereocenters. The van der Waals surface area contributed by atoms with Crippen molar-refractivity contribution in [3.63, 3.8) is 0 Å². The van der Waals surface area contributed by atoms with Gasteiger partial charge in [0.1, 0.15) is 0 Å². The second-order valence-electron chi connectivity index (χ2n) is 9.62. The van der Waals surface area contributed by atoms with Crippen molar-refractivity contribution in [2.75, 3.05) is 0 Å². The fourth-order valence-corrected chi connectivity index (χ4v) is 0.938. The fourth-order valence-electron chi connectivity index (χ4n) is 0.938. The average Bonchev–Trinajstić information content (AvgIpc) is 2.27. The summed E-state index contributed by atoms with van der Waals surface area (Å²) in [6.45, 7) is 20.0. The van der Waals surface area contributed by atoms with Crippen LogP contribution in [0.5, 0.6) is 0 Å². The Morgan fingerprint density at radius 3 is 1.09 bits per heavy atom. The monoisotopic (exact) mass is 386 g/mol. The molecule has 2 heteroatoms. The zero-order valence-corrected chi connectivity index (χ0v) is 21.0. The molecule has 0 nitrogen and oxygen atoms in total. The molecule has 22 heavy (non-hydrogen) atoms. The molecule has 0 amide bonds. The van der Waals surface area contributed by atoms with Crippen LogP contribution in [-0.2, 0) is 5.41 Å². The van der Waals surface area contributed by atoms with Gasteiger partial charge in [0.25, 0.3) is 0 Å². The summed E-state index contributed by atoms with van der Waals surface area (Å²) in [6.07, 6.45) is 0. The Kier molecular flexibility index (Phi) is 15.1. The molecule has 0 bridgehead atoms. The first-order chi connectivity index (χ1) is 9.61. The topological polar surface area (TPSA) is 0 Å². The molecule has 0 aromatic heterocycles. The third-order valence-corrected chi connectivity index (χ3v) is 1.64. The number of rotatable bonds is 0. The van der Waals surface area contributed by atoms with Gasteiger partial charge in [-0.2, -0.15) is 0 Å². The third-order valence-electron chi connectivity index (χ3n) is 1.64. The first-order valence-corrected chi connectivity index (χ1v) is 21.1. The van der Waals surface area contributed by atoms with E-state index in [4.69, 9.17) is 0 Å². The maximum absolute atomic E-state index is 2.38. The summed E-state index contributed by atoms with van der Waals surface area (Å²) in [4.78, 5) is 0. The first kappa shape index (κ1) is 26.9. The molecule has 1 aromatic rings. The summed E-state index contributed by atoms with van der Waals surface area (Å²) in [5, 5.41) is 0. The molecule has 0 aliphatic carbocycles. The average molecular weight is 385 g/mol. The van der Waals surface area contributed by atoms with Crippen molar-refractivity contribution < 1.29 is 0 Å². The van der Waals surface area contributed by atoms with E-state index >= 15 is 0 Å². The van der Waals surface area contributed by atoms with Gasteiger partial charge in [-0.3, -0.25) is 0 Å². The van der Waals surface area contributed by atoms with Crippen molar-refractivity contribution in [2.24, 2.45) is 0 Å². The molecular weight excluding hydrogens is 341 g/mol. The van der Waals surface area contributed by atoms with Crippen LogP contribution in [0.2, 0.25) is 49.2 Å². The summed E-state index contributed by atoms with van der Waals surface area (Å²) < 4.78 is 0. The van der Waals surface area contributed by atoms with Crippen LogP contribution in [0.3, 0.4) is 0 Å². The fraction of sp³-hybridized carbons (Fsp3) is 0.700. The standard InChI is InChI=1S/C10H14.C4H12Ge.C4H12Si.C2H6/c1-10(2,3)9-7-5-4-6-8-9;2*1-5(2,3)4;1-2/h4-8H,1-3H3;2*1-4H3;1-2H3. The number of hydrogen-bond donors (Lipinski definition) is 0. The van der Waals surface area contributed by atoms with Crippen LogP contribution in [0, 0.1) is 0 Å². The molecule has 0 saturated heterocycles. The molecule has 1 rings (SSSR count). The van der Waals surface area contributed by atoms with Crippen molar-refractivity contribution in [2.45, 2.75) is 89.2 Å². The van der Waals surface area contributed by atoms with Crippen molar-refractivity contribution in [1.29, 1.82) is 0 Å². The Morgan fingerprint density at radius 2 is 0.955 bits per heavy atom. The quantitative estimate of drug-likeness (QED) is 0.398. The normalized spacial score (nSPS) is 11.0. The van der Waals surface area contributed by atoms with E-state index in [1.807, 2.05) is 13.8 Å². The van der Waals surface area contributed by atoms with Crippen LogP contribution in [0.1, 0.15) is 40.2 Å². The molecule has 0 atom stereocenters. The van der Waals surface area contributed by atoms with E-state index in [-0.39, 0.29) is 0 Å². The Morgan fingerprint density at radius 1 is 0.727 bits per heavy atom. The van der Waals surface area contributed by atoms with E-state index in [9.17, 15) is 0 Å². The van der Waals surface area contributed by atoms with Crippen LogP contribution in [-0.4, -0.2) is 21.3 Å². The second-order valence-corrected chi connectivity index (χ2v) is 28.2. The van der Waals surface area contributed by atoms with Gasteiger partial charge in [-0.05, 0) is 11.0 Å². The molecule has 0 saturated carbocycles.